The van der Waals surface area contributed by atoms with Gasteiger partial charge in [0.25, 0.3) is 11.8 Å². The molecule has 0 radical (unpaired) electrons. The van der Waals surface area contributed by atoms with Crippen molar-refractivity contribution in [3.8, 4) is 0 Å². The highest BCUT2D eigenvalue weighted by Crippen LogP contribution is 2.26. The third kappa shape index (κ3) is 4.38. The van der Waals surface area contributed by atoms with E-state index in [2.05, 4.69) is 20.2 Å². The Morgan fingerprint density at radius 1 is 1.10 bits per heavy atom. The summed E-state index contributed by atoms with van der Waals surface area (Å²) in [4.78, 5) is 37.8. The van der Waals surface area contributed by atoms with Crippen LogP contribution in [-0.4, -0.2) is 52.9 Å². The molecule has 0 aliphatic carbocycles. The fourth-order valence-electron chi connectivity index (χ4n) is 3.16. The van der Waals surface area contributed by atoms with Gasteiger partial charge in [0.15, 0.2) is 0 Å². The van der Waals surface area contributed by atoms with Gasteiger partial charge in [-0.3, -0.25) is 14.6 Å². The molecule has 0 unspecified atom stereocenters. The van der Waals surface area contributed by atoms with Gasteiger partial charge in [-0.25, -0.2) is 4.98 Å². The summed E-state index contributed by atoms with van der Waals surface area (Å²) < 4.78 is 0. The number of hydrogen-bond donors (Lipinski definition) is 1. The molecule has 0 spiro atoms. The fourth-order valence-corrected chi connectivity index (χ4v) is 4.16. The van der Waals surface area contributed by atoms with Gasteiger partial charge in [0, 0.05) is 49.3 Å². The minimum atomic E-state index is -0.392. The summed E-state index contributed by atoms with van der Waals surface area (Å²) in [7, 11) is 0. The third-order valence-electron chi connectivity index (χ3n) is 4.64. The summed E-state index contributed by atoms with van der Waals surface area (Å²) >= 11 is 7.40. The Kier molecular flexibility index (Phi) is 5.73. The van der Waals surface area contributed by atoms with Crippen LogP contribution in [0.4, 0.5) is 11.4 Å². The summed E-state index contributed by atoms with van der Waals surface area (Å²) in [5, 5.41) is 5.25. The van der Waals surface area contributed by atoms with Crippen LogP contribution in [0.2, 0.25) is 5.02 Å². The van der Waals surface area contributed by atoms with Crippen LogP contribution >= 0.6 is 22.9 Å². The van der Waals surface area contributed by atoms with Crippen LogP contribution in [0.3, 0.4) is 0 Å². The van der Waals surface area contributed by atoms with Crippen LogP contribution in [0.25, 0.3) is 0 Å². The van der Waals surface area contributed by atoms with Gasteiger partial charge in [0.2, 0.25) is 0 Å². The number of nitrogens with zero attached hydrogens (tertiary/aromatic N) is 4. The SMILES string of the molecule is O=C(Nc1ccsc1C(=O)N1CCN(c2cccc(Cl)c2)CC1)c1cnccn1. The Bertz CT molecular complexity index is 1020. The van der Waals surface area contributed by atoms with E-state index in [0.717, 1.165) is 18.8 Å². The summed E-state index contributed by atoms with van der Waals surface area (Å²) in [5.74, 6) is -0.475. The lowest BCUT2D eigenvalue weighted by Crippen LogP contribution is -2.48. The highest BCUT2D eigenvalue weighted by atomic mass is 35.5. The molecule has 4 rings (SSSR count). The molecule has 3 heterocycles. The molecule has 1 saturated heterocycles. The Morgan fingerprint density at radius 2 is 1.93 bits per heavy atom. The lowest BCUT2D eigenvalue weighted by molar-refractivity contribution is 0.0752. The number of halogens is 1. The second kappa shape index (κ2) is 8.59. The molecule has 29 heavy (non-hydrogen) atoms. The molecule has 0 saturated carbocycles. The molecule has 3 aromatic rings. The minimum Gasteiger partial charge on any atom is -0.368 e. The second-order valence-corrected chi connectivity index (χ2v) is 7.82. The topological polar surface area (TPSA) is 78.4 Å². The fraction of sp³-hybridized carbons (Fsp3) is 0.200. The van der Waals surface area contributed by atoms with Crippen molar-refractivity contribution in [3.63, 3.8) is 0 Å². The molecule has 2 amide bonds. The zero-order valence-corrected chi connectivity index (χ0v) is 17.0. The Balaban J connectivity index is 1.41. The average Bonchev–Trinajstić information content (AvgIpc) is 3.22. The van der Waals surface area contributed by atoms with E-state index >= 15 is 0 Å². The number of piperazine rings is 1. The van der Waals surface area contributed by atoms with E-state index in [4.69, 9.17) is 11.6 Å². The first-order chi connectivity index (χ1) is 14.1. The van der Waals surface area contributed by atoms with Crippen molar-refractivity contribution >= 4 is 46.1 Å². The summed E-state index contributed by atoms with van der Waals surface area (Å²) in [6, 6.07) is 9.45. The van der Waals surface area contributed by atoms with Crippen molar-refractivity contribution in [3.05, 3.63) is 69.9 Å². The molecule has 2 aromatic heterocycles. The molecule has 1 fully saturated rings. The van der Waals surface area contributed by atoms with Crippen LogP contribution < -0.4 is 10.2 Å². The van der Waals surface area contributed by atoms with E-state index in [1.807, 2.05) is 29.2 Å². The normalized spacial score (nSPS) is 14.0. The van der Waals surface area contributed by atoms with Gasteiger partial charge in [-0.05, 0) is 29.6 Å². The third-order valence-corrected chi connectivity index (χ3v) is 5.78. The first-order valence-corrected chi connectivity index (χ1v) is 10.3. The molecule has 1 N–H and O–H groups in total. The highest BCUT2D eigenvalue weighted by molar-refractivity contribution is 7.12. The van der Waals surface area contributed by atoms with Gasteiger partial charge in [-0.15, -0.1) is 11.3 Å². The molecular formula is C20H18ClN5O2S. The van der Waals surface area contributed by atoms with Gasteiger partial charge in [0.05, 0.1) is 11.9 Å². The van der Waals surface area contributed by atoms with E-state index in [-0.39, 0.29) is 11.6 Å². The minimum absolute atomic E-state index is 0.0832. The molecule has 7 nitrogen and oxygen atoms in total. The van der Waals surface area contributed by atoms with Crippen molar-refractivity contribution in [1.29, 1.82) is 0 Å². The van der Waals surface area contributed by atoms with E-state index in [9.17, 15) is 9.59 Å². The van der Waals surface area contributed by atoms with E-state index in [1.165, 1.54) is 29.9 Å². The number of amides is 2. The highest BCUT2D eigenvalue weighted by Gasteiger charge is 2.25. The predicted octanol–water partition coefficient (Wildman–Crippen LogP) is 3.41. The summed E-state index contributed by atoms with van der Waals surface area (Å²) in [6.07, 6.45) is 4.34. The van der Waals surface area contributed by atoms with Crippen LogP contribution in [0.5, 0.6) is 0 Å². The van der Waals surface area contributed by atoms with Gasteiger partial charge in [-0.1, -0.05) is 17.7 Å². The lowest BCUT2D eigenvalue weighted by Gasteiger charge is -2.36. The number of anilines is 2. The quantitative estimate of drug-likeness (QED) is 0.690. The lowest BCUT2D eigenvalue weighted by atomic mass is 10.2. The average molecular weight is 428 g/mol. The summed E-state index contributed by atoms with van der Waals surface area (Å²) in [6.45, 7) is 2.64. The zero-order valence-electron chi connectivity index (χ0n) is 15.4. The van der Waals surface area contributed by atoms with E-state index in [1.54, 1.807) is 11.4 Å². The summed E-state index contributed by atoms with van der Waals surface area (Å²) in [5.41, 5.74) is 1.75. The molecule has 148 valence electrons. The monoisotopic (exact) mass is 427 g/mol. The van der Waals surface area contributed by atoms with Crippen LogP contribution in [0.15, 0.2) is 54.3 Å². The molecule has 1 aliphatic rings. The zero-order chi connectivity index (χ0) is 20.2. The molecule has 9 heteroatoms. The van der Waals surface area contributed by atoms with E-state index in [0.29, 0.717) is 28.7 Å². The van der Waals surface area contributed by atoms with Crippen molar-refractivity contribution < 1.29 is 9.59 Å². The van der Waals surface area contributed by atoms with Crippen LogP contribution in [0, 0.1) is 0 Å². The number of aromatic nitrogens is 2. The van der Waals surface area contributed by atoms with Crippen molar-refractivity contribution in [2.45, 2.75) is 0 Å². The number of thiophene rings is 1. The number of benzene rings is 1. The second-order valence-electron chi connectivity index (χ2n) is 6.47. The molecule has 0 bridgehead atoms. The molecular weight excluding hydrogens is 410 g/mol. The number of carbonyl (C=O) groups excluding carboxylic acids is 2. The van der Waals surface area contributed by atoms with E-state index < -0.39 is 5.91 Å². The van der Waals surface area contributed by atoms with Crippen LogP contribution in [0.1, 0.15) is 20.2 Å². The maximum absolute atomic E-state index is 13.0. The van der Waals surface area contributed by atoms with Crippen molar-refractivity contribution in [2.24, 2.45) is 0 Å². The van der Waals surface area contributed by atoms with Crippen molar-refractivity contribution in [2.75, 3.05) is 36.4 Å². The Hall–Kier alpha value is -2.97. The number of nitrogens with one attached hydrogen (secondary N) is 1. The molecule has 1 aromatic carbocycles. The number of carbonyl (C=O) groups is 2. The van der Waals surface area contributed by atoms with Gasteiger partial charge in [-0.2, -0.15) is 0 Å². The van der Waals surface area contributed by atoms with Crippen molar-refractivity contribution in [1.82, 2.24) is 14.9 Å². The molecule has 1 aliphatic heterocycles. The maximum Gasteiger partial charge on any atom is 0.275 e. The van der Waals surface area contributed by atoms with Gasteiger partial charge < -0.3 is 15.1 Å². The standard InChI is InChI=1S/C20H18ClN5O2S/c21-14-2-1-3-15(12-14)25-7-9-26(10-8-25)20(28)18-16(4-11-29-18)24-19(27)17-13-22-5-6-23-17/h1-6,11-13H,7-10H2,(H,24,27). The number of rotatable bonds is 4. The molecule has 0 atom stereocenters. The first kappa shape index (κ1) is 19.4. The predicted molar refractivity (Wildman–Crippen MR) is 114 cm³/mol. The first-order valence-electron chi connectivity index (χ1n) is 9.06. The smallest absolute Gasteiger partial charge is 0.275 e. The maximum atomic E-state index is 13.0. The Labute approximate surface area is 177 Å². The van der Waals surface area contributed by atoms with Gasteiger partial charge >= 0.3 is 0 Å². The van der Waals surface area contributed by atoms with Gasteiger partial charge in [0.1, 0.15) is 10.6 Å². The largest absolute Gasteiger partial charge is 0.368 e. The number of hydrogen-bond acceptors (Lipinski definition) is 6. The van der Waals surface area contributed by atoms with Crippen LogP contribution in [-0.2, 0) is 0 Å². The Morgan fingerprint density at radius 3 is 2.66 bits per heavy atom.